The summed E-state index contributed by atoms with van der Waals surface area (Å²) >= 11 is 0. The van der Waals surface area contributed by atoms with Crippen LogP contribution in [-0.4, -0.2) is 68.2 Å². The Labute approximate surface area is 255 Å². The van der Waals surface area contributed by atoms with Crippen LogP contribution < -0.4 is 10.1 Å². The van der Waals surface area contributed by atoms with Gasteiger partial charge >= 0.3 is 5.97 Å². The summed E-state index contributed by atoms with van der Waals surface area (Å²) in [5, 5.41) is 14.3. The molecule has 1 N–H and O–H groups in total. The van der Waals surface area contributed by atoms with Gasteiger partial charge in [-0.15, -0.1) is 5.10 Å². The molecule has 1 aromatic heterocycles. The number of hydrogen-bond donors (Lipinski definition) is 1. The third-order valence-corrected chi connectivity index (χ3v) is 7.20. The summed E-state index contributed by atoms with van der Waals surface area (Å²) in [6.45, 7) is 5.81. The highest BCUT2D eigenvalue weighted by atomic mass is 16.6. The van der Waals surface area contributed by atoms with Gasteiger partial charge in [-0.05, 0) is 91.7 Å². The zero-order chi connectivity index (χ0) is 31.3. The van der Waals surface area contributed by atoms with E-state index < -0.39 is 17.6 Å². The Morgan fingerprint density at radius 2 is 1.75 bits per heavy atom. The van der Waals surface area contributed by atoms with E-state index in [1.807, 2.05) is 30.3 Å². The van der Waals surface area contributed by atoms with E-state index in [9.17, 15) is 14.4 Å². The van der Waals surface area contributed by atoms with Crippen molar-refractivity contribution in [1.82, 2.24) is 25.1 Å². The second kappa shape index (κ2) is 12.9. The number of amides is 2. The lowest BCUT2D eigenvalue weighted by Crippen LogP contribution is -2.44. The Bertz CT molecular complexity index is 1650. The van der Waals surface area contributed by atoms with Gasteiger partial charge in [-0.25, -0.2) is 4.79 Å². The minimum absolute atomic E-state index is 0.205. The first kappa shape index (κ1) is 30.1. The van der Waals surface area contributed by atoms with Crippen LogP contribution in [0.15, 0.2) is 85.2 Å². The largest absolute Gasteiger partial charge is 0.497 e. The van der Waals surface area contributed by atoms with Gasteiger partial charge in [-0.2, -0.15) is 4.68 Å². The molecule has 226 valence electrons. The smallest absolute Gasteiger partial charge is 0.338 e. The van der Waals surface area contributed by atoms with Crippen LogP contribution in [0.2, 0.25) is 0 Å². The maximum atomic E-state index is 13.8. The molecular weight excluding hydrogens is 560 g/mol. The number of benzene rings is 3. The normalized spacial score (nSPS) is 16.6. The first-order valence-electron chi connectivity index (χ1n) is 14.2. The maximum absolute atomic E-state index is 13.8. The van der Waals surface area contributed by atoms with Crippen molar-refractivity contribution in [2.45, 2.75) is 44.8 Å². The number of rotatable bonds is 8. The lowest BCUT2D eigenvalue weighted by molar-refractivity contribution is -0.133. The number of methoxy groups -OCH3 is 1. The Morgan fingerprint density at radius 1 is 1.00 bits per heavy atom. The number of likely N-dealkylation sites (tertiary alicyclic amines) is 1. The molecule has 11 heteroatoms. The van der Waals surface area contributed by atoms with E-state index in [4.69, 9.17) is 9.47 Å². The van der Waals surface area contributed by atoms with Crippen molar-refractivity contribution in [1.29, 1.82) is 0 Å². The van der Waals surface area contributed by atoms with E-state index in [1.165, 1.54) is 17.1 Å². The predicted octanol–water partition coefficient (Wildman–Crippen LogP) is 4.66. The number of tetrazole rings is 1. The third-order valence-electron chi connectivity index (χ3n) is 7.20. The van der Waals surface area contributed by atoms with Crippen LogP contribution in [0.4, 0.5) is 5.69 Å². The standard InChI is InChI=1S/C33H34N6O5/c1-33(2,3)44-32(42)23-10-13-25(14-11-23)35-31(41)30-27(22-8-6-5-7-9-22)18-19-38(30)29(40)17-12-24-20-26(43-4)15-16-28(24)39-21-34-36-37-39/h5-17,20-21,27,30H,18-19H2,1-4H3,(H,35,41)/b17-12+/t27-,30+/m0/s1. The number of anilines is 1. The van der Waals surface area contributed by atoms with E-state index in [0.717, 1.165) is 5.56 Å². The topological polar surface area (TPSA) is 129 Å². The molecular formula is C33H34N6O5. The minimum atomic E-state index is -0.760. The molecule has 1 saturated heterocycles. The van der Waals surface area contributed by atoms with E-state index >= 15 is 0 Å². The number of nitrogens with zero attached hydrogens (tertiary/aromatic N) is 5. The first-order chi connectivity index (χ1) is 21.1. The molecule has 2 heterocycles. The van der Waals surface area contributed by atoms with Crippen molar-refractivity contribution in [2.24, 2.45) is 0 Å². The van der Waals surface area contributed by atoms with Crippen molar-refractivity contribution in [3.05, 3.63) is 102 Å². The first-order valence-corrected chi connectivity index (χ1v) is 14.2. The van der Waals surface area contributed by atoms with Gasteiger partial charge in [0.25, 0.3) is 0 Å². The number of carbonyl (C=O) groups is 3. The Hall–Kier alpha value is -5.32. The average Bonchev–Trinajstić information content (AvgIpc) is 3.71. The Kier molecular flexibility index (Phi) is 8.84. The highest BCUT2D eigenvalue weighted by molar-refractivity contribution is 6.01. The maximum Gasteiger partial charge on any atom is 0.338 e. The van der Waals surface area contributed by atoms with Gasteiger partial charge < -0.3 is 19.7 Å². The molecule has 1 fully saturated rings. The Morgan fingerprint density at radius 3 is 2.41 bits per heavy atom. The zero-order valence-corrected chi connectivity index (χ0v) is 25.0. The monoisotopic (exact) mass is 594 g/mol. The van der Waals surface area contributed by atoms with Gasteiger partial charge in [0, 0.05) is 29.8 Å². The molecule has 1 aliphatic rings. The van der Waals surface area contributed by atoms with Gasteiger partial charge in [-0.3, -0.25) is 9.59 Å². The van der Waals surface area contributed by atoms with E-state index in [0.29, 0.717) is 41.2 Å². The summed E-state index contributed by atoms with van der Waals surface area (Å²) in [5.74, 6) is -0.677. The summed E-state index contributed by atoms with van der Waals surface area (Å²) in [7, 11) is 1.56. The molecule has 2 amide bonds. The summed E-state index contributed by atoms with van der Waals surface area (Å²) in [6.07, 6.45) is 5.20. The molecule has 2 atom stereocenters. The van der Waals surface area contributed by atoms with Crippen LogP contribution in [0.3, 0.4) is 0 Å². The van der Waals surface area contributed by atoms with Crippen LogP contribution in [0, 0.1) is 0 Å². The molecule has 3 aromatic carbocycles. The summed E-state index contributed by atoms with van der Waals surface area (Å²) in [4.78, 5) is 41.5. The average molecular weight is 595 g/mol. The minimum Gasteiger partial charge on any atom is -0.497 e. The third kappa shape index (κ3) is 7.00. The quantitative estimate of drug-likeness (QED) is 0.230. The van der Waals surface area contributed by atoms with Crippen molar-refractivity contribution in [3.63, 3.8) is 0 Å². The number of nitrogens with one attached hydrogen (secondary N) is 1. The highest BCUT2D eigenvalue weighted by Crippen LogP contribution is 2.35. The van der Waals surface area contributed by atoms with Crippen LogP contribution in [-0.2, 0) is 14.3 Å². The molecule has 5 rings (SSSR count). The molecule has 0 radical (unpaired) electrons. The van der Waals surface area contributed by atoms with E-state index in [2.05, 4.69) is 20.8 Å². The molecule has 4 aromatic rings. The number of hydrogen-bond acceptors (Lipinski definition) is 8. The second-order valence-corrected chi connectivity index (χ2v) is 11.4. The van der Waals surface area contributed by atoms with Gasteiger partial charge in [-0.1, -0.05) is 30.3 Å². The molecule has 0 aliphatic carbocycles. The lowest BCUT2D eigenvalue weighted by atomic mass is 9.91. The fourth-order valence-electron chi connectivity index (χ4n) is 5.19. The van der Waals surface area contributed by atoms with Crippen molar-refractivity contribution < 1.29 is 23.9 Å². The molecule has 0 unspecified atom stereocenters. The van der Waals surface area contributed by atoms with Crippen LogP contribution in [0.1, 0.15) is 54.6 Å². The van der Waals surface area contributed by atoms with E-state index in [-0.39, 0.29) is 17.7 Å². The van der Waals surface area contributed by atoms with Gasteiger partial charge in [0.1, 0.15) is 23.7 Å². The van der Waals surface area contributed by atoms with Gasteiger partial charge in [0.05, 0.1) is 18.4 Å². The lowest BCUT2D eigenvalue weighted by Gasteiger charge is -2.27. The Balaban J connectivity index is 1.39. The fourth-order valence-corrected chi connectivity index (χ4v) is 5.19. The highest BCUT2D eigenvalue weighted by Gasteiger charge is 2.42. The number of ether oxygens (including phenoxy) is 2. The number of carbonyl (C=O) groups excluding carboxylic acids is 3. The van der Waals surface area contributed by atoms with Crippen molar-refractivity contribution in [2.75, 3.05) is 19.0 Å². The van der Waals surface area contributed by atoms with Crippen LogP contribution in [0.25, 0.3) is 11.8 Å². The second-order valence-electron chi connectivity index (χ2n) is 11.4. The van der Waals surface area contributed by atoms with Crippen molar-refractivity contribution in [3.8, 4) is 11.4 Å². The molecule has 11 nitrogen and oxygen atoms in total. The molecule has 0 spiro atoms. The van der Waals surface area contributed by atoms with Crippen molar-refractivity contribution >= 4 is 29.5 Å². The summed E-state index contributed by atoms with van der Waals surface area (Å²) in [6, 6.07) is 20.8. The predicted molar refractivity (Wildman–Crippen MR) is 164 cm³/mol. The number of aromatic nitrogens is 4. The van der Waals surface area contributed by atoms with Gasteiger partial charge in [0.15, 0.2) is 0 Å². The molecule has 44 heavy (non-hydrogen) atoms. The molecule has 0 saturated carbocycles. The summed E-state index contributed by atoms with van der Waals surface area (Å²) in [5.41, 5.74) is 2.56. The zero-order valence-electron chi connectivity index (χ0n) is 25.0. The number of esters is 1. The molecule has 1 aliphatic heterocycles. The fraction of sp³-hybridized carbons (Fsp3) is 0.273. The SMILES string of the molecule is COc1ccc(-n2cnnn2)c(/C=C/C(=O)N2CC[C@@H](c3ccccc3)[C@@H]2C(=O)Nc2ccc(C(=O)OC(C)(C)C)cc2)c1. The van der Waals surface area contributed by atoms with Crippen LogP contribution >= 0.6 is 0 Å². The summed E-state index contributed by atoms with van der Waals surface area (Å²) < 4.78 is 12.3. The van der Waals surface area contributed by atoms with Crippen LogP contribution in [0.5, 0.6) is 5.75 Å². The van der Waals surface area contributed by atoms with E-state index in [1.54, 1.807) is 81.3 Å². The molecule has 0 bridgehead atoms. The van der Waals surface area contributed by atoms with Gasteiger partial charge in [0.2, 0.25) is 11.8 Å².